The van der Waals surface area contributed by atoms with Crippen LogP contribution in [0.15, 0.2) is 24.3 Å². The molecule has 0 aliphatic carbocycles. The van der Waals surface area contributed by atoms with Gasteiger partial charge in [-0.3, -0.25) is 0 Å². The summed E-state index contributed by atoms with van der Waals surface area (Å²) in [6.45, 7) is 10.9. The second kappa shape index (κ2) is 7.95. The molecule has 1 heterocycles. The zero-order chi connectivity index (χ0) is 15.2. The summed E-state index contributed by atoms with van der Waals surface area (Å²) in [4.78, 5) is 0. The van der Waals surface area contributed by atoms with Crippen LogP contribution in [-0.4, -0.2) is 25.3 Å². The average molecular weight is 289 g/mol. The fourth-order valence-electron chi connectivity index (χ4n) is 3.48. The number of ether oxygens (including phenoxy) is 1. The second-order valence-electron chi connectivity index (χ2n) is 6.53. The van der Waals surface area contributed by atoms with Crippen LogP contribution in [0.2, 0.25) is 0 Å². The van der Waals surface area contributed by atoms with Gasteiger partial charge in [-0.15, -0.1) is 0 Å². The quantitative estimate of drug-likeness (QED) is 0.814. The van der Waals surface area contributed by atoms with E-state index in [1.54, 1.807) is 0 Å². The third-order valence-electron chi connectivity index (χ3n) is 4.75. The third-order valence-corrected chi connectivity index (χ3v) is 4.75. The number of hydrogen-bond donors (Lipinski definition) is 1. The van der Waals surface area contributed by atoms with E-state index in [4.69, 9.17) is 4.74 Å². The van der Waals surface area contributed by atoms with Gasteiger partial charge in [0.25, 0.3) is 0 Å². The summed E-state index contributed by atoms with van der Waals surface area (Å²) in [7, 11) is 0. The van der Waals surface area contributed by atoms with Gasteiger partial charge in [0.15, 0.2) is 0 Å². The van der Waals surface area contributed by atoms with E-state index in [1.165, 1.54) is 17.5 Å². The van der Waals surface area contributed by atoms with Crippen molar-refractivity contribution in [2.75, 3.05) is 13.2 Å². The lowest BCUT2D eigenvalue weighted by atomic mass is 9.87. The fraction of sp³-hybridized carbons (Fsp3) is 0.684. The largest absolute Gasteiger partial charge is 0.378 e. The normalized spacial score (nSPS) is 23.7. The molecule has 0 aromatic heterocycles. The van der Waals surface area contributed by atoms with Crippen LogP contribution in [-0.2, 0) is 11.2 Å². The van der Waals surface area contributed by atoms with Gasteiger partial charge >= 0.3 is 0 Å². The van der Waals surface area contributed by atoms with Crippen molar-refractivity contribution in [2.24, 2.45) is 5.92 Å². The van der Waals surface area contributed by atoms with Crippen molar-refractivity contribution in [1.29, 1.82) is 0 Å². The first-order valence-electron chi connectivity index (χ1n) is 8.59. The zero-order valence-corrected chi connectivity index (χ0v) is 14.1. The van der Waals surface area contributed by atoms with E-state index >= 15 is 0 Å². The highest BCUT2D eigenvalue weighted by Gasteiger charge is 2.33. The number of nitrogens with one attached hydrogen (secondary N) is 1. The number of rotatable bonds is 7. The van der Waals surface area contributed by atoms with E-state index in [2.05, 4.69) is 57.3 Å². The van der Waals surface area contributed by atoms with Crippen molar-refractivity contribution < 1.29 is 4.74 Å². The molecule has 2 heteroatoms. The van der Waals surface area contributed by atoms with Crippen molar-refractivity contribution in [3.8, 4) is 0 Å². The van der Waals surface area contributed by atoms with Crippen LogP contribution in [0.25, 0.3) is 0 Å². The summed E-state index contributed by atoms with van der Waals surface area (Å²) in [5.41, 5.74) is 2.86. The first kappa shape index (κ1) is 16.5. The molecule has 0 bridgehead atoms. The van der Waals surface area contributed by atoms with E-state index in [9.17, 15) is 0 Å². The third kappa shape index (κ3) is 4.31. The maximum Gasteiger partial charge on any atom is 0.0616 e. The zero-order valence-electron chi connectivity index (χ0n) is 14.1. The van der Waals surface area contributed by atoms with Gasteiger partial charge in [0, 0.05) is 18.6 Å². The lowest BCUT2D eigenvalue weighted by Crippen LogP contribution is -2.41. The van der Waals surface area contributed by atoms with E-state index in [0.717, 1.165) is 26.0 Å². The molecule has 0 saturated carbocycles. The molecular weight excluding hydrogens is 258 g/mol. The van der Waals surface area contributed by atoms with Crippen LogP contribution in [0.1, 0.15) is 57.6 Å². The Bertz CT molecular complexity index is 412. The maximum absolute atomic E-state index is 5.89. The molecule has 21 heavy (non-hydrogen) atoms. The minimum Gasteiger partial charge on any atom is -0.378 e. The lowest BCUT2D eigenvalue weighted by Gasteiger charge is -2.28. The standard InChI is InChI=1S/C19H31NO/c1-5-19-17(11-12-21-19)18(20-6-2)13-15-7-9-16(10-8-15)14(3)4/h7-10,14,17-20H,5-6,11-13H2,1-4H3. The Morgan fingerprint density at radius 2 is 1.90 bits per heavy atom. The Morgan fingerprint density at radius 1 is 1.19 bits per heavy atom. The van der Waals surface area contributed by atoms with Crippen molar-refractivity contribution >= 4 is 0 Å². The second-order valence-corrected chi connectivity index (χ2v) is 6.53. The molecule has 1 aliphatic rings. The molecule has 0 spiro atoms. The van der Waals surface area contributed by atoms with Crippen molar-refractivity contribution in [3.05, 3.63) is 35.4 Å². The first-order chi connectivity index (χ1) is 10.2. The van der Waals surface area contributed by atoms with E-state index in [0.29, 0.717) is 24.0 Å². The van der Waals surface area contributed by atoms with Crippen molar-refractivity contribution in [2.45, 2.75) is 65.0 Å². The van der Waals surface area contributed by atoms with Crippen LogP contribution in [0.4, 0.5) is 0 Å². The molecule has 0 radical (unpaired) electrons. The molecule has 3 atom stereocenters. The Balaban J connectivity index is 2.05. The molecule has 1 saturated heterocycles. The van der Waals surface area contributed by atoms with Crippen LogP contribution in [0, 0.1) is 5.92 Å². The van der Waals surface area contributed by atoms with E-state index < -0.39 is 0 Å². The monoisotopic (exact) mass is 289 g/mol. The predicted molar refractivity (Wildman–Crippen MR) is 89.8 cm³/mol. The molecule has 1 aliphatic heterocycles. The summed E-state index contributed by atoms with van der Waals surface area (Å²) in [6, 6.07) is 9.71. The average Bonchev–Trinajstić information content (AvgIpc) is 2.95. The smallest absolute Gasteiger partial charge is 0.0616 e. The molecule has 118 valence electrons. The first-order valence-corrected chi connectivity index (χ1v) is 8.59. The van der Waals surface area contributed by atoms with Gasteiger partial charge in [-0.2, -0.15) is 0 Å². The Labute approximate surface area is 130 Å². The molecule has 0 amide bonds. The Hall–Kier alpha value is -0.860. The maximum atomic E-state index is 5.89. The molecule has 3 unspecified atom stereocenters. The highest BCUT2D eigenvalue weighted by atomic mass is 16.5. The van der Waals surface area contributed by atoms with Crippen molar-refractivity contribution in [3.63, 3.8) is 0 Å². The summed E-state index contributed by atoms with van der Waals surface area (Å²) in [5.74, 6) is 1.26. The van der Waals surface area contributed by atoms with Gasteiger partial charge in [-0.1, -0.05) is 52.0 Å². The minimum atomic E-state index is 0.434. The van der Waals surface area contributed by atoms with E-state index in [-0.39, 0.29) is 0 Å². The van der Waals surface area contributed by atoms with Gasteiger partial charge in [-0.05, 0) is 42.9 Å². The van der Waals surface area contributed by atoms with Gasteiger partial charge in [-0.25, -0.2) is 0 Å². The summed E-state index contributed by atoms with van der Waals surface area (Å²) >= 11 is 0. The number of benzene rings is 1. The summed E-state index contributed by atoms with van der Waals surface area (Å²) < 4.78 is 5.89. The minimum absolute atomic E-state index is 0.434. The molecule has 2 nitrogen and oxygen atoms in total. The molecule has 1 N–H and O–H groups in total. The molecule has 2 rings (SSSR count). The van der Waals surface area contributed by atoms with Gasteiger partial charge in [0.1, 0.15) is 0 Å². The van der Waals surface area contributed by atoms with Gasteiger partial charge in [0.2, 0.25) is 0 Å². The SMILES string of the molecule is CCNC(Cc1ccc(C(C)C)cc1)C1CCOC1CC. The fourth-order valence-corrected chi connectivity index (χ4v) is 3.48. The van der Waals surface area contributed by atoms with Crippen LogP contribution >= 0.6 is 0 Å². The number of hydrogen-bond acceptors (Lipinski definition) is 2. The van der Waals surface area contributed by atoms with Crippen molar-refractivity contribution in [1.82, 2.24) is 5.32 Å². The van der Waals surface area contributed by atoms with E-state index in [1.807, 2.05) is 0 Å². The summed E-state index contributed by atoms with van der Waals surface area (Å²) in [5, 5.41) is 3.69. The highest BCUT2D eigenvalue weighted by Crippen LogP contribution is 2.28. The molecular formula is C19H31NO. The van der Waals surface area contributed by atoms with Crippen LogP contribution in [0.3, 0.4) is 0 Å². The van der Waals surface area contributed by atoms with Crippen LogP contribution in [0.5, 0.6) is 0 Å². The number of likely N-dealkylation sites (N-methyl/N-ethyl adjacent to an activating group) is 1. The lowest BCUT2D eigenvalue weighted by molar-refractivity contribution is 0.0776. The van der Waals surface area contributed by atoms with Gasteiger partial charge in [0.05, 0.1) is 6.10 Å². The molecule has 1 fully saturated rings. The Kier molecular flexibility index (Phi) is 6.25. The predicted octanol–water partition coefficient (Wildman–Crippen LogP) is 4.15. The molecule has 1 aromatic rings. The van der Waals surface area contributed by atoms with Crippen LogP contribution < -0.4 is 5.32 Å². The molecule has 1 aromatic carbocycles. The highest BCUT2D eigenvalue weighted by molar-refractivity contribution is 5.25. The topological polar surface area (TPSA) is 21.3 Å². The summed E-state index contributed by atoms with van der Waals surface area (Å²) in [6.07, 6.45) is 3.86. The van der Waals surface area contributed by atoms with Gasteiger partial charge < -0.3 is 10.1 Å². The Morgan fingerprint density at radius 3 is 2.48 bits per heavy atom.